The van der Waals surface area contributed by atoms with Crippen molar-refractivity contribution in [2.45, 2.75) is 17.7 Å². The molecule has 0 radical (unpaired) electrons. The fourth-order valence-corrected chi connectivity index (χ4v) is 5.53. The zero-order valence-corrected chi connectivity index (χ0v) is 18.1. The van der Waals surface area contributed by atoms with Crippen LogP contribution in [0.4, 0.5) is 5.69 Å². The van der Waals surface area contributed by atoms with Gasteiger partial charge in [0, 0.05) is 30.8 Å². The summed E-state index contributed by atoms with van der Waals surface area (Å²) in [7, 11) is -3.87. The molecular weight excluding hydrogens is 452 g/mol. The minimum atomic E-state index is -3.87. The number of H-pyrrole nitrogens is 2. The van der Waals surface area contributed by atoms with Crippen LogP contribution in [-0.4, -0.2) is 48.5 Å². The van der Waals surface area contributed by atoms with Gasteiger partial charge in [-0.05, 0) is 43.2 Å². The molecule has 0 saturated carbocycles. The molecule has 0 bridgehead atoms. The first-order chi connectivity index (χ1) is 15.8. The Morgan fingerprint density at radius 2 is 1.76 bits per heavy atom. The van der Waals surface area contributed by atoms with E-state index in [1.165, 1.54) is 22.5 Å². The Morgan fingerprint density at radius 1 is 1.00 bits per heavy atom. The summed E-state index contributed by atoms with van der Waals surface area (Å²) in [6.07, 6.45) is 0.716. The molecule has 3 heterocycles. The maximum absolute atomic E-state index is 13.1. The number of anilines is 1. The van der Waals surface area contributed by atoms with Crippen LogP contribution in [0.3, 0.4) is 0 Å². The Labute approximate surface area is 187 Å². The van der Waals surface area contributed by atoms with Gasteiger partial charge in [-0.25, -0.2) is 13.2 Å². The minimum Gasteiger partial charge on any atom is -0.454 e. The lowest BCUT2D eigenvalue weighted by molar-refractivity contribution is -0.120. The van der Waals surface area contributed by atoms with Gasteiger partial charge in [0.1, 0.15) is 0 Å². The Morgan fingerprint density at radius 3 is 2.55 bits per heavy atom. The summed E-state index contributed by atoms with van der Waals surface area (Å²) in [6, 6.07) is 9.12. The number of carbonyl (C=O) groups is 1. The molecule has 3 aromatic rings. The topological polar surface area (TPSA) is 151 Å². The third-order valence-electron chi connectivity index (χ3n) is 5.81. The number of aromatic nitrogens is 2. The van der Waals surface area contributed by atoms with Crippen LogP contribution in [0.2, 0.25) is 0 Å². The van der Waals surface area contributed by atoms with Crippen LogP contribution in [0, 0.1) is 5.92 Å². The minimum absolute atomic E-state index is 0.0455. The van der Waals surface area contributed by atoms with Crippen molar-refractivity contribution < 1.29 is 22.7 Å². The van der Waals surface area contributed by atoms with Crippen molar-refractivity contribution in [2.75, 3.05) is 25.2 Å². The molecule has 2 aliphatic heterocycles. The van der Waals surface area contributed by atoms with E-state index >= 15 is 0 Å². The highest BCUT2D eigenvalue weighted by Gasteiger charge is 2.32. The zero-order valence-electron chi connectivity index (χ0n) is 17.3. The van der Waals surface area contributed by atoms with Crippen LogP contribution in [0.25, 0.3) is 10.9 Å². The van der Waals surface area contributed by atoms with E-state index in [1.54, 1.807) is 18.2 Å². The molecule has 1 amide bonds. The quantitative estimate of drug-likeness (QED) is 0.512. The number of carbonyl (C=O) groups excluding carboxylic acids is 1. The molecule has 2 aliphatic rings. The molecule has 0 spiro atoms. The number of rotatable bonds is 4. The zero-order chi connectivity index (χ0) is 23.2. The number of piperidine rings is 1. The highest BCUT2D eigenvalue weighted by atomic mass is 32.2. The number of hydrogen-bond acceptors (Lipinski definition) is 7. The Balaban J connectivity index is 1.27. The number of ether oxygens (including phenoxy) is 2. The normalized spacial score (nSPS) is 16.7. The molecule has 12 heteroatoms. The largest absolute Gasteiger partial charge is 0.454 e. The first-order valence-electron chi connectivity index (χ1n) is 10.3. The smallest absolute Gasteiger partial charge is 0.326 e. The number of amides is 1. The molecule has 3 N–H and O–H groups in total. The van der Waals surface area contributed by atoms with Gasteiger partial charge in [-0.15, -0.1) is 0 Å². The van der Waals surface area contributed by atoms with Crippen LogP contribution in [0.1, 0.15) is 12.8 Å². The van der Waals surface area contributed by atoms with Crippen LogP contribution < -0.4 is 26.0 Å². The van der Waals surface area contributed by atoms with Crippen LogP contribution >= 0.6 is 0 Å². The number of sulfonamides is 1. The van der Waals surface area contributed by atoms with Gasteiger partial charge in [-0.2, -0.15) is 4.31 Å². The van der Waals surface area contributed by atoms with E-state index < -0.39 is 21.3 Å². The highest BCUT2D eigenvalue weighted by Crippen LogP contribution is 2.34. The van der Waals surface area contributed by atoms with Gasteiger partial charge in [0.25, 0.3) is 5.56 Å². The van der Waals surface area contributed by atoms with Gasteiger partial charge >= 0.3 is 5.69 Å². The monoisotopic (exact) mass is 472 g/mol. The SMILES string of the molecule is O=C(Nc1ccc2c(c1)OCO2)C1CCN(S(=O)(=O)c2ccc3[nH]c(=O)[nH]c(=O)c3c2)CC1. The van der Waals surface area contributed by atoms with E-state index in [2.05, 4.69) is 15.3 Å². The van der Waals surface area contributed by atoms with Gasteiger partial charge in [0.05, 0.1) is 15.8 Å². The number of nitrogens with one attached hydrogen (secondary N) is 3. The van der Waals surface area contributed by atoms with E-state index in [4.69, 9.17) is 9.47 Å². The molecule has 1 saturated heterocycles. The fraction of sp³-hybridized carbons (Fsp3) is 0.286. The summed E-state index contributed by atoms with van der Waals surface area (Å²) in [5.74, 6) is 0.652. The Kier molecular flexibility index (Phi) is 5.17. The molecule has 0 aliphatic carbocycles. The molecule has 5 rings (SSSR count). The number of nitrogens with zero attached hydrogens (tertiary/aromatic N) is 1. The molecule has 1 fully saturated rings. The van der Waals surface area contributed by atoms with E-state index in [0.717, 1.165) is 0 Å². The molecule has 2 aromatic carbocycles. The first kappa shape index (κ1) is 21.2. The van der Waals surface area contributed by atoms with E-state index in [9.17, 15) is 22.8 Å². The van der Waals surface area contributed by atoms with Crippen LogP contribution in [0.5, 0.6) is 11.5 Å². The second-order valence-corrected chi connectivity index (χ2v) is 9.79. The average Bonchev–Trinajstić information content (AvgIpc) is 3.26. The third-order valence-corrected chi connectivity index (χ3v) is 7.71. The average molecular weight is 472 g/mol. The lowest BCUT2D eigenvalue weighted by atomic mass is 9.97. The van der Waals surface area contributed by atoms with Crippen molar-refractivity contribution in [2.24, 2.45) is 5.92 Å². The highest BCUT2D eigenvalue weighted by molar-refractivity contribution is 7.89. The molecule has 1 aromatic heterocycles. The van der Waals surface area contributed by atoms with Gasteiger partial charge < -0.3 is 19.8 Å². The van der Waals surface area contributed by atoms with E-state index in [-0.39, 0.29) is 47.5 Å². The second kappa shape index (κ2) is 8.05. The second-order valence-electron chi connectivity index (χ2n) is 7.85. The van der Waals surface area contributed by atoms with Crippen LogP contribution in [-0.2, 0) is 14.8 Å². The fourth-order valence-electron chi connectivity index (χ4n) is 4.03. The number of benzene rings is 2. The van der Waals surface area contributed by atoms with E-state index in [0.29, 0.717) is 30.0 Å². The lowest BCUT2D eigenvalue weighted by Gasteiger charge is -2.30. The summed E-state index contributed by atoms with van der Waals surface area (Å²) >= 11 is 0. The van der Waals surface area contributed by atoms with Crippen molar-refractivity contribution in [1.82, 2.24) is 14.3 Å². The number of hydrogen-bond donors (Lipinski definition) is 3. The van der Waals surface area contributed by atoms with Gasteiger partial charge in [-0.3, -0.25) is 14.6 Å². The molecule has 11 nitrogen and oxygen atoms in total. The molecule has 0 atom stereocenters. The third kappa shape index (κ3) is 3.98. The molecular formula is C21H20N4O7S. The van der Waals surface area contributed by atoms with Crippen molar-refractivity contribution in [3.63, 3.8) is 0 Å². The summed E-state index contributed by atoms with van der Waals surface area (Å²) in [5.41, 5.74) is -0.491. The summed E-state index contributed by atoms with van der Waals surface area (Å²) in [4.78, 5) is 40.6. The standard InChI is InChI=1S/C21H20N4O7S/c26-19(22-13-1-4-17-18(9-13)32-11-31-17)12-5-7-25(8-6-12)33(29,30)14-2-3-16-15(10-14)20(27)24-21(28)23-16/h1-4,9-10,12H,5-8,11H2,(H,22,26)(H2,23,24,27,28). The van der Waals surface area contributed by atoms with Gasteiger partial charge in [-0.1, -0.05) is 0 Å². The predicted molar refractivity (Wildman–Crippen MR) is 118 cm³/mol. The summed E-state index contributed by atoms with van der Waals surface area (Å²) in [6.45, 7) is 0.479. The molecule has 0 unspecified atom stereocenters. The van der Waals surface area contributed by atoms with Crippen molar-refractivity contribution in [3.05, 3.63) is 57.2 Å². The summed E-state index contributed by atoms with van der Waals surface area (Å²) < 4.78 is 38.1. The van der Waals surface area contributed by atoms with Gasteiger partial charge in [0.2, 0.25) is 22.7 Å². The maximum Gasteiger partial charge on any atom is 0.326 e. The van der Waals surface area contributed by atoms with Crippen LogP contribution in [0.15, 0.2) is 50.9 Å². The van der Waals surface area contributed by atoms with Crippen molar-refractivity contribution in [3.8, 4) is 11.5 Å². The van der Waals surface area contributed by atoms with Crippen molar-refractivity contribution >= 4 is 32.5 Å². The Bertz CT molecular complexity index is 1470. The van der Waals surface area contributed by atoms with Gasteiger partial charge in [0.15, 0.2) is 11.5 Å². The first-order valence-corrected chi connectivity index (χ1v) is 11.7. The van der Waals surface area contributed by atoms with Crippen molar-refractivity contribution in [1.29, 1.82) is 0 Å². The Hall–Kier alpha value is -3.64. The molecule has 33 heavy (non-hydrogen) atoms. The summed E-state index contributed by atoms with van der Waals surface area (Å²) in [5, 5.41) is 2.93. The lowest BCUT2D eigenvalue weighted by Crippen LogP contribution is -2.41. The maximum atomic E-state index is 13.1. The number of fused-ring (bicyclic) bond motifs is 2. The predicted octanol–water partition coefficient (Wildman–Crippen LogP) is 0.985. The number of aromatic amines is 2. The molecule has 172 valence electrons. The van der Waals surface area contributed by atoms with E-state index in [1.807, 2.05) is 0 Å².